The van der Waals surface area contributed by atoms with E-state index >= 15 is 0 Å². The summed E-state index contributed by atoms with van der Waals surface area (Å²) in [5, 5.41) is 0.241. The molecule has 0 aromatic rings. The van der Waals surface area contributed by atoms with E-state index in [0.717, 1.165) is 6.54 Å². The van der Waals surface area contributed by atoms with E-state index in [4.69, 9.17) is 0 Å². The van der Waals surface area contributed by atoms with Gasteiger partial charge in [-0.25, -0.2) is 4.99 Å². The number of aliphatic imine (C=N–C) groups is 2. The molecule has 0 saturated carbocycles. The SMILES string of the molecule is SC1C=NC=NC1. The molecule has 0 radical (unpaired) electrons. The lowest BCUT2D eigenvalue weighted by atomic mass is 10.4. The fourth-order valence-electron chi connectivity index (χ4n) is 0.387. The molecule has 38 valence electrons. The van der Waals surface area contributed by atoms with Gasteiger partial charge in [0.05, 0.1) is 11.8 Å². The lowest BCUT2D eigenvalue weighted by Crippen LogP contribution is -2.08. The lowest BCUT2D eigenvalue weighted by Gasteiger charge is -2.00. The van der Waals surface area contributed by atoms with Crippen molar-refractivity contribution in [2.45, 2.75) is 5.25 Å². The Morgan fingerprint density at radius 3 is 2.86 bits per heavy atom. The summed E-state index contributed by atoms with van der Waals surface area (Å²) >= 11 is 4.10. The third-order valence-corrected chi connectivity index (χ3v) is 0.996. The van der Waals surface area contributed by atoms with Crippen molar-refractivity contribution in [1.82, 2.24) is 0 Å². The standard InChI is InChI=1S/C4H6N2S/c7-4-1-5-3-6-2-4/h1,3-4,7H,2H2. The van der Waals surface area contributed by atoms with Crippen molar-refractivity contribution in [3.63, 3.8) is 0 Å². The van der Waals surface area contributed by atoms with Gasteiger partial charge in [-0.05, 0) is 0 Å². The Kier molecular flexibility index (Phi) is 1.46. The average Bonchev–Trinajstić information content (AvgIpc) is 1.69. The van der Waals surface area contributed by atoms with Crippen LogP contribution in [0.3, 0.4) is 0 Å². The van der Waals surface area contributed by atoms with Crippen molar-refractivity contribution < 1.29 is 0 Å². The number of thiol groups is 1. The molecule has 0 N–H and O–H groups in total. The summed E-state index contributed by atoms with van der Waals surface area (Å²) in [6.45, 7) is 0.770. The van der Waals surface area contributed by atoms with Crippen LogP contribution in [0, 0.1) is 0 Å². The number of nitrogens with zero attached hydrogens (tertiary/aromatic N) is 2. The maximum absolute atomic E-state index is 4.10. The summed E-state index contributed by atoms with van der Waals surface area (Å²) in [5.41, 5.74) is 0. The molecular formula is C4H6N2S. The van der Waals surface area contributed by atoms with Crippen LogP contribution in [0.25, 0.3) is 0 Å². The molecule has 0 bridgehead atoms. The molecule has 2 nitrogen and oxygen atoms in total. The van der Waals surface area contributed by atoms with Gasteiger partial charge in [0.1, 0.15) is 6.34 Å². The summed E-state index contributed by atoms with van der Waals surface area (Å²) in [6.07, 6.45) is 3.32. The molecule has 0 aliphatic carbocycles. The quantitative estimate of drug-likeness (QED) is 0.441. The summed E-state index contributed by atoms with van der Waals surface area (Å²) in [5.74, 6) is 0. The minimum absolute atomic E-state index is 0.241. The Balaban J connectivity index is 2.49. The summed E-state index contributed by atoms with van der Waals surface area (Å²) in [6, 6.07) is 0. The summed E-state index contributed by atoms with van der Waals surface area (Å²) < 4.78 is 0. The van der Waals surface area contributed by atoms with Crippen molar-refractivity contribution in [1.29, 1.82) is 0 Å². The summed E-state index contributed by atoms with van der Waals surface area (Å²) in [7, 11) is 0. The first-order valence-corrected chi connectivity index (χ1v) is 2.61. The van der Waals surface area contributed by atoms with Crippen LogP contribution < -0.4 is 0 Å². The van der Waals surface area contributed by atoms with Crippen LogP contribution in [0.5, 0.6) is 0 Å². The number of rotatable bonds is 0. The summed E-state index contributed by atoms with van der Waals surface area (Å²) in [4.78, 5) is 7.62. The highest BCUT2D eigenvalue weighted by molar-refractivity contribution is 7.81. The highest BCUT2D eigenvalue weighted by Crippen LogP contribution is 1.93. The average molecular weight is 114 g/mol. The second-order valence-corrected chi connectivity index (χ2v) is 2.01. The van der Waals surface area contributed by atoms with Gasteiger partial charge in [0.15, 0.2) is 0 Å². The molecule has 1 unspecified atom stereocenters. The van der Waals surface area contributed by atoms with E-state index in [1.54, 1.807) is 12.6 Å². The minimum atomic E-state index is 0.241. The van der Waals surface area contributed by atoms with Crippen LogP contribution in [0.1, 0.15) is 0 Å². The Morgan fingerprint density at radius 2 is 2.57 bits per heavy atom. The largest absolute Gasteiger partial charge is 0.272 e. The third kappa shape index (κ3) is 1.31. The molecule has 0 saturated heterocycles. The molecular weight excluding hydrogens is 108 g/mol. The Labute approximate surface area is 47.8 Å². The fraction of sp³-hybridized carbons (Fsp3) is 0.500. The third-order valence-electron chi connectivity index (χ3n) is 0.699. The minimum Gasteiger partial charge on any atom is -0.272 e. The van der Waals surface area contributed by atoms with Crippen molar-refractivity contribution >= 4 is 25.2 Å². The van der Waals surface area contributed by atoms with Crippen LogP contribution in [0.15, 0.2) is 9.98 Å². The van der Waals surface area contributed by atoms with E-state index in [1.165, 1.54) is 0 Å². The Morgan fingerprint density at radius 1 is 1.71 bits per heavy atom. The van der Waals surface area contributed by atoms with Gasteiger partial charge in [-0.15, -0.1) is 0 Å². The molecule has 0 spiro atoms. The normalized spacial score (nSPS) is 28.4. The van der Waals surface area contributed by atoms with Crippen LogP contribution >= 0.6 is 12.6 Å². The maximum Gasteiger partial charge on any atom is 0.109 e. The predicted octanol–water partition coefficient (Wildman–Crippen LogP) is 0.398. The van der Waals surface area contributed by atoms with E-state index in [9.17, 15) is 0 Å². The van der Waals surface area contributed by atoms with E-state index in [1.807, 2.05) is 0 Å². The van der Waals surface area contributed by atoms with Crippen LogP contribution in [-0.4, -0.2) is 24.3 Å². The van der Waals surface area contributed by atoms with E-state index in [0.29, 0.717) is 0 Å². The first kappa shape index (κ1) is 4.84. The lowest BCUT2D eigenvalue weighted by molar-refractivity contribution is 1.06. The van der Waals surface area contributed by atoms with Gasteiger partial charge in [0.2, 0.25) is 0 Å². The second kappa shape index (κ2) is 2.12. The van der Waals surface area contributed by atoms with Crippen LogP contribution in [0.2, 0.25) is 0 Å². The van der Waals surface area contributed by atoms with Crippen LogP contribution in [0.4, 0.5) is 0 Å². The van der Waals surface area contributed by atoms with E-state index < -0.39 is 0 Å². The molecule has 1 heterocycles. The van der Waals surface area contributed by atoms with Crippen molar-refractivity contribution in [2.75, 3.05) is 6.54 Å². The molecule has 1 atom stereocenters. The molecule has 7 heavy (non-hydrogen) atoms. The molecule has 1 aliphatic heterocycles. The molecule has 3 heteroatoms. The van der Waals surface area contributed by atoms with Gasteiger partial charge < -0.3 is 0 Å². The molecule has 0 aromatic carbocycles. The fourth-order valence-corrected chi connectivity index (χ4v) is 0.559. The molecule has 0 fully saturated rings. The Hall–Kier alpha value is -0.310. The molecule has 0 aromatic heterocycles. The smallest absolute Gasteiger partial charge is 0.109 e. The molecule has 1 aliphatic rings. The van der Waals surface area contributed by atoms with E-state index in [2.05, 4.69) is 22.6 Å². The number of hydrogen-bond acceptors (Lipinski definition) is 3. The predicted molar refractivity (Wildman–Crippen MR) is 34.6 cm³/mol. The van der Waals surface area contributed by atoms with Crippen molar-refractivity contribution in [3.05, 3.63) is 0 Å². The molecule has 1 rings (SSSR count). The number of hydrogen-bond donors (Lipinski definition) is 1. The van der Waals surface area contributed by atoms with Gasteiger partial charge in [-0.2, -0.15) is 12.6 Å². The highest BCUT2D eigenvalue weighted by atomic mass is 32.1. The maximum atomic E-state index is 4.10. The highest BCUT2D eigenvalue weighted by Gasteiger charge is 1.96. The topological polar surface area (TPSA) is 24.7 Å². The van der Waals surface area contributed by atoms with Gasteiger partial charge in [0.25, 0.3) is 0 Å². The van der Waals surface area contributed by atoms with Gasteiger partial charge in [-0.3, -0.25) is 4.99 Å². The van der Waals surface area contributed by atoms with Crippen LogP contribution in [-0.2, 0) is 0 Å². The van der Waals surface area contributed by atoms with E-state index in [-0.39, 0.29) is 5.25 Å². The first-order valence-electron chi connectivity index (χ1n) is 2.09. The van der Waals surface area contributed by atoms with Gasteiger partial charge >= 0.3 is 0 Å². The zero-order valence-corrected chi connectivity index (χ0v) is 4.68. The zero-order valence-electron chi connectivity index (χ0n) is 3.78. The molecule has 0 amide bonds. The monoisotopic (exact) mass is 114 g/mol. The Bertz CT molecular complexity index is 108. The second-order valence-electron chi connectivity index (χ2n) is 1.35. The van der Waals surface area contributed by atoms with Crippen molar-refractivity contribution in [3.8, 4) is 0 Å². The van der Waals surface area contributed by atoms with Crippen molar-refractivity contribution in [2.24, 2.45) is 9.98 Å². The zero-order chi connectivity index (χ0) is 5.11. The van der Waals surface area contributed by atoms with Gasteiger partial charge in [0, 0.05) is 6.21 Å². The first-order chi connectivity index (χ1) is 3.39. The van der Waals surface area contributed by atoms with Gasteiger partial charge in [-0.1, -0.05) is 0 Å².